The summed E-state index contributed by atoms with van der Waals surface area (Å²) in [7, 11) is -1.80. The Morgan fingerprint density at radius 3 is 1.80 bits per heavy atom. The maximum atomic E-state index is 5.78. The van der Waals surface area contributed by atoms with E-state index in [0.717, 1.165) is 9.68 Å². The van der Waals surface area contributed by atoms with Gasteiger partial charge in [-0.05, 0) is 26.2 Å². The van der Waals surface area contributed by atoms with Gasteiger partial charge in [0, 0.05) is 0 Å². The quantitative estimate of drug-likeness (QED) is 0.350. The molecule has 6 N–H and O–H groups in total. The average molecular weight is 292 g/mol. The van der Waals surface area contributed by atoms with Gasteiger partial charge >= 0.3 is 0 Å². The molecule has 0 aromatic carbocycles. The Labute approximate surface area is 103 Å². The zero-order valence-electron chi connectivity index (χ0n) is 10.1. The second kappa shape index (κ2) is 8.97. The molecule has 0 aromatic heterocycles. The van der Waals surface area contributed by atoms with E-state index in [1.807, 2.05) is 0 Å². The lowest BCUT2D eigenvalue weighted by Gasteiger charge is -2.21. The number of rotatable bonds is 8. The maximum Gasteiger partial charge on any atom is 0.211 e. The smallest absolute Gasteiger partial charge is 0.211 e. The summed E-state index contributed by atoms with van der Waals surface area (Å²) >= 11 is 0. The molecule has 0 aliphatic carbocycles. The third-order valence-electron chi connectivity index (χ3n) is 1.45. The van der Waals surface area contributed by atoms with Crippen LogP contribution in [0.3, 0.4) is 0 Å². The van der Waals surface area contributed by atoms with Crippen molar-refractivity contribution in [1.82, 2.24) is 18.6 Å². The van der Waals surface area contributed by atoms with Crippen LogP contribution in [0.1, 0.15) is 0 Å². The van der Waals surface area contributed by atoms with Crippen LogP contribution in [0.4, 0.5) is 0 Å². The Bertz CT molecular complexity index is 161. The predicted molar refractivity (Wildman–Crippen MR) is 74.8 cm³/mol. The molecule has 0 unspecified atom stereocenters. The normalized spacial score (nSPS) is 12.4. The summed E-state index contributed by atoms with van der Waals surface area (Å²) in [5, 5.41) is 5.78. The van der Waals surface area contributed by atoms with E-state index in [1.165, 1.54) is 0 Å². The van der Waals surface area contributed by atoms with Gasteiger partial charge in [-0.25, -0.2) is 0 Å². The molecule has 0 saturated carbocycles. The first kappa shape index (κ1) is 15.9. The van der Waals surface area contributed by atoms with E-state index >= 15 is 0 Å². The van der Waals surface area contributed by atoms with Gasteiger partial charge in [-0.2, -0.15) is 0 Å². The summed E-state index contributed by atoms with van der Waals surface area (Å²) in [5.41, 5.74) is 0. The fourth-order valence-electron chi connectivity index (χ4n) is 1.14. The average Bonchev–Trinajstić information content (AvgIpc) is 2.00. The minimum atomic E-state index is -0.802. The van der Waals surface area contributed by atoms with Crippen molar-refractivity contribution >= 4 is 46.2 Å². The van der Waals surface area contributed by atoms with E-state index in [9.17, 15) is 0 Å². The SMILES string of the molecule is C[Si]N[Si](C)N[Si](C)N[Si](C)N[Si](C)N. The molecule has 15 heavy (non-hydrogen) atoms. The third kappa shape index (κ3) is 9.79. The van der Waals surface area contributed by atoms with Gasteiger partial charge in [-0.1, -0.05) is 6.55 Å². The molecule has 0 aliphatic rings. The van der Waals surface area contributed by atoms with Crippen LogP contribution in [-0.2, 0) is 0 Å². The Kier molecular flexibility index (Phi) is 9.50. The number of nitrogens with one attached hydrogen (secondary N) is 4. The highest BCUT2D eigenvalue weighted by Gasteiger charge is 2.15. The van der Waals surface area contributed by atoms with Gasteiger partial charge in [0.15, 0.2) is 0 Å². The number of hydrogen-bond donors (Lipinski definition) is 5. The summed E-state index contributed by atoms with van der Waals surface area (Å²) in [5.74, 6) is 0. The molecule has 0 spiro atoms. The van der Waals surface area contributed by atoms with Gasteiger partial charge in [-0.15, -0.1) is 0 Å². The number of nitrogens with two attached hydrogens (primary N) is 1. The van der Waals surface area contributed by atoms with Crippen LogP contribution >= 0.6 is 0 Å². The second-order valence-electron chi connectivity index (χ2n) is 3.31. The highest BCUT2D eigenvalue weighted by atomic mass is 28.4. The predicted octanol–water partition coefficient (Wildman–Crippen LogP) is -1.56. The van der Waals surface area contributed by atoms with E-state index < -0.39 is 36.5 Å². The maximum absolute atomic E-state index is 5.78. The molecule has 6 radical (unpaired) electrons. The monoisotopic (exact) mass is 291 g/mol. The molecule has 0 bridgehead atoms. The first-order valence-electron chi connectivity index (χ1n) is 4.79. The Morgan fingerprint density at radius 2 is 1.33 bits per heavy atom. The molecular formula is C5H21N5Si5. The zero-order valence-corrected chi connectivity index (χ0v) is 15.1. The molecule has 0 atom stereocenters. The molecule has 0 saturated heterocycles. The molecule has 0 rings (SSSR count). The topological polar surface area (TPSA) is 74.1 Å². The van der Waals surface area contributed by atoms with Crippen LogP contribution in [0.15, 0.2) is 0 Å². The van der Waals surface area contributed by atoms with E-state index in [4.69, 9.17) is 5.40 Å². The minimum Gasteiger partial charge on any atom is -0.350 e. The van der Waals surface area contributed by atoms with Crippen molar-refractivity contribution in [3.8, 4) is 0 Å². The number of hydrogen-bond acceptors (Lipinski definition) is 5. The van der Waals surface area contributed by atoms with Crippen LogP contribution in [-0.4, -0.2) is 46.2 Å². The highest BCUT2D eigenvalue weighted by molar-refractivity contribution is 6.80. The van der Waals surface area contributed by atoms with Crippen molar-refractivity contribution in [3.63, 3.8) is 0 Å². The first-order chi connectivity index (χ1) is 6.95. The fraction of sp³-hybridized carbons (Fsp3) is 1.00. The van der Waals surface area contributed by atoms with Crippen molar-refractivity contribution in [2.45, 2.75) is 32.7 Å². The molecular weight excluding hydrogens is 271 g/mol. The van der Waals surface area contributed by atoms with Gasteiger partial charge in [-0.3, -0.25) is 0 Å². The lowest BCUT2D eigenvalue weighted by molar-refractivity contribution is 1.22. The van der Waals surface area contributed by atoms with Gasteiger partial charge < -0.3 is 24.0 Å². The van der Waals surface area contributed by atoms with Crippen molar-refractivity contribution in [2.75, 3.05) is 0 Å². The van der Waals surface area contributed by atoms with Gasteiger partial charge in [0.05, 0.1) is 0 Å². The van der Waals surface area contributed by atoms with E-state index in [2.05, 4.69) is 51.3 Å². The molecule has 0 heterocycles. The highest BCUT2D eigenvalue weighted by Crippen LogP contribution is 1.77. The lowest BCUT2D eigenvalue weighted by Crippen LogP contribution is -2.64. The fourth-order valence-corrected chi connectivity index (χ4v) is 11.9. The largest absolute Gasteiger partial charge is 0.350 e. The van der Waals surface area contributed by atoms with Crippen LogP contribution < -0.4 is 24.0 Å². The second-order valence-corrected chi connectivity index (χ2v) is 12.9. The minimum absolute atomic E-state index is 0.552. The Balaban J connectivity index is 3.67. The summed E-state index contributed by atoms with van der Waals surface area (Å²) in [6.07, 6.45) is 0. The van der Waals surface area contributed by atoms with Gasteiger partial charge in [0.2, 0.25) is 36.5 Å². The van der Waals surface area contributed by atoms with Crippen molar-refractivity contribution in [3.05, 3.63) is 0 Å². The van der Waals surface area contributed by atoms with Crippen molar-refractivity contribution in [1.29, 1.82) is 0 Å². The molecule has 0 aliphatic heterocycles. The first-order valence-corrected chi connectivity index (χ1v) is 14.4. The lowest BCUT2D eigenvalue weighted by atomic mass is 11.9. The molecule has 0 fully saturated rings. The third-order valence-corrected chi connectivity index (χ3v) is 13.0. The van der Waals surface area contributed by atoms with Crippen LogP contribution in [0.5, 0.6) is 0 Å². The van der Waals surface area contributed by atoms with Crippen molar-refractivity contribution in [2.24, 2.45) is 5.40 Å². The standard InChI is InChI=1S/C5H21N5Si5/c1-11-7-13(3)9-15(5)10-14(4)8-12(2)6/h7-10H,6H2,1-5H3. The van der Waals surface area contributed by atoms with Gasteiger partial charge in [0.1, 0.15) is 9.68 Å². The van der Waals surface area contributed by atoms with E-state index in [1.54, 1.807) is 0 Å². The Hall–Kier alpha value is 0.884. The Morgan fingerprint density at radius 1 is 0.867 bits per heavy atom. The van der Waals surface area contributed by atoms with Crippen LogP contribution in [0, 0.1) is 0 Å². The molecule has 86 valence electrons. The summed E-state index contributed by atoms with van der Waals surface area (Å²) in [6, 6.07) is 0. The molecule has 0 amide bonds. The summed E-state index contributed by atoms with van der Waals surface area (Å²) in [4.78, 5) is 0. The summed E-state index contributed by atoms with van der Waals surface area (Å²) in [6.45, 7) is 11.0. The molecule has 10 heteroatoms. The van der Waals surface area contributed by atoms with Crippen LogP contribution in [0.2, 0.25) is 32.7 Å². The van der Waals surface area contributed by atoms with E-state index in [0.29, 0.717) is 0 Å². The van der Waals surface area contributed by atoms with E-state index in [-0.39, 0.29) is 0 Å². The van der Waals surface area contributed by atoms with Crippen molar-refractivity contribution < 1.29 is 0 Å². The molecule has 5 nitrogen and oxygen atoms in total. The molecule has 0 aromatic rings. The van der Waals surface area contributed by atoms with Crippen LogP contribution in [0.25, 0.3) is 0 Å². The zero-order chi connectivity index (χ0) is 11.8. The summed E-state index contributed by atoms with van der Waals surface area (Å²) < 4.78 is 14.1. The van der Waals surface area contributed by atoms with Gasteiger partial charge in [0.25, 0.3) is 0 Å².